The molecule has 5 fully saturated rings. The van der Waals surface area contributed by atoms with Gasteiger partial charge in [-0.25, -0.2) is 14.8 Å². The molecule has 0 atom stereocenters. The highest BCUT2D eigenvalue weighted by Gasteiger charge is 2.32. The number of alkyl halides is 3. The molecule has 125 heavy (non-hydrogen) atoms. The Hall–Kier alpha value is -13.8. The Balaban J connectivity index is 0.000000115. The zero-order valence-corrected chi connectivity index (χ0v) is 70.6. The first-order valence-corrected chi connectivity index (χ1v) is 42.4. The van der Waals surface area contributed by atoms with E-state index in [1.807, 2.05) is 152 Å². The number of nitrogens with one attached hydrogen (secondary N) is 10. The van der Waals surface area contributed by atoms with Gasteiger partial charge >= 0.3 is 6.18 Å². The van der Waals surface area contributed by atoms with Crippen LogP contribution in [0.4, 0.5) is 47.9 Å². The van der Waals surface area contributed by atoms with Crippen molar-refractivity contribution in [1.29, 1.82) is 0 Å². The summed E-state index contributed by atoms with van der Waals surface area (Å²) in [5.74, 6) is 7.37. The molecule has 5 aliphatic rings. The van der Waals surface area contributed by atoms with Crippen LogP contribution in [-0.2, 0) is 6.18 Å². The lowest BCUT2D eigenvalue weighted by Gasteiger charge is -2.28. The van der Waals surface area contributed by atoms with E-state index in [9.17, 15) is 13.2 Å². The zero-order chi connectivity index (χ0) is 85.7. The summed E-state index contributed by atoms with van der Waals surface area (Å²) in [6, 6.07) is 54.6. The van der Waals surface area contributed by atoms with Crippen LogP contribution in [0.3, 0.4) is 0 Å². The molecule has 0 bridgehead atoms. The number of hydrogen-bond donors (Lipinski definition) is 10. The minimum atomic E-state index is -4.35. The summed E-state index contributed by atoms with van der Waals surface area (Å²) in [7, 11) is 0. The first-order chi connectivity index (χ1) is 61.4. The molecule has 0 unspecified atom stereocenters. The third-order valence-corrected chi connectivity index (χ3v) is 22.7. The van der Waals surface area contributed by atoms with E-state index in [2.05, 4.69) is 183 Å². The number of nitrogens with zero attached hydrogens (tertiary/aromatic N) is 17. The molecule has 10 aromatic heterocycles. The van der Waals surface area contributed by atoms with E-state index in [1.54, 1.807) is 37.3 Å². The highest BCUT2D eigenvalue weighted by atomic mass is 79.9. The second kappa shape index (κ2) is 40.9. The molecule has 632 valence electrons. The van der Waals surface area contributed by atoms with Crippen LogP contribution in [0.2, 0.25) is 5.02 Å². The molecule has 0 spiro atoms. The van der Waals surface area contributed by atoms with E-state index in [1.165, 1.54) is 12.1 Å². The predicted molar refractivity (Wildman–Crippen MR) is 491 cm³/mol. The fourth-order valence-electron chi connectivity index (χ4n) is 15.6. The summed E-state index contributed by atoms with van der Waals surface area (Å²) >= 11 is 9.52. The van der Waals surface area contributed by atoms with Crippen molar-refractivity contribution in [3.8, 4) is 124 Å². The summed E-state index contributed by atoms with van der Waals surface area (Å²) in [5, 5.41) is 56.5. The van der Waals surface area contributed by atoms with Crippen molar-refractivity contribution in [2.24, 2.45) is 0 Å². The van der Waals surface area contributed by atoms with E-state index in [0.29, 0.717) is 22.0 Å². The SMILES string of the molecule is Brc1ccc(-c2[nH]nc(N3CCNCC3)c2-c2ccncc2)cc1.C#Cc1ccc(-c2[nH]nc(N3CCNCC3)c2-c2ccncc2)cc1.Clc1ccc(-c2[nH]nc(N3CCNCC3)c2-c2ccncn2)cc1.FC(F)(F)c1ccc(-c2[nH]nc(N3CCNCC3)c2-c2ccncc2)cc1.[C-]#[N+]c1ccc(-c2[nH]nc(N3CCNCC3)c2-c2ccncc2)cc1. The molecule has 0 radical (unpaired) electrons. The molecule has 10 N–H and O–H groups in total. The molecule has 20 rings (SSSR count). The molecule has 15 aromatic rings. The quantitative estimate of drug-likeness (QED) is 0.0337. The number of H-pyrrole nitrogens is 5. The lowest BCUT2D eigenvalue weighted by molar-refractivity contribution is -0.137. The highest BCUT2D eigenvalue weighted by Crippen LogP contribution is 2.44. The number of aromatic amines is 5. The molecular formula is C93H90BrClF3N27. The minimum Gasteiger partial charge on any atom is -0.352 e. The second-order valence-corrected chi connectivity index (χ2v) is 31.0. The van der Waals surface area contributed by atoms with Crippen LogP contribution in [0, 0.1) is 18.9 Å². The first-order valence-electron chi connectivity index (χ1n) is 41.3. The molecule has 0 saturated carbocycles. The van der Waals surface area contributed by atoms with Gasteiger partial charge in [0, 0.05) is 224 Å². The Morgan fingerprint density at radius 2 is 0.616 bits per heavy atom. The maximum atomic E-state index is 12.9. The summed E-state index contributed by atoms with van der Waals surface area (Å²) < 4.78 is 39.7. The highest BCUT2D eigenvalue weighted by molar-refractivity contribution is 9.10. The maximum absolute atomic E-state index is 12.9. The first kappa shape index (κ1) is 84.8. The third-order valence-electron chi connectivity index (χ3n) is 21.9. The van der Waals surface area contributed by atoms with Crippen LogP contribution in [-0.4, -0.2) is 212 Å². The van der Waals surface area contributed by atoms with Crippen LogP contribution < -0.4 is 51.1 Å². The molecule has 0 aliphatic carbocycles. The van der Waals surface area contributed by atoms with Gasteiger partial charge in [-0.2, -0.15) is 38.7 Å². The number of halogens is 5. The lowest BCUT2D eigenvalue weighted by Crippen LogP contribution is -2.43. The Bertz CT molecular complexity index is 5720. The van der Waals surface area contributed by atoms with Gasteiger partial charge in [-0.3, -0.25) is 45.4 Å². The Labute approximate surface area is 734 Å². The number of benzene rings is 5. The number of hydrogen-bond acceptors (Lipinski definition) is 21. The second-order valence-electron chi connectivity index (χ2n) is 29.7. The third kappa shape index (κ3) is 20.5. The Morgan fingerprint density at radius 1 is 0.344 bits per heavy atom. The molecule has 5 aromatic carbocycles. The Kier molecular flexibility index (Phi) is 27.8. The Morgan fingerprint density at radius 3 is 0.904 bits per heavy atom. The number of rotatable bonds is 15. The largest absolute Gasteiger partial charge is 0.416 e. The van der Waals surface area contributed by atoms with E-state index >= 15 is 0 Å². The van der Waals surface area contributed by atoms with Crippen molar-refractivity contribution in [3.63, 3.8) is 0 Å². The molecule has 5 saturated heterocycles. The summed E-state index contributed by atoms with van der Waals surface area (Å²) in [6.07, 6.45) is 18.7. The summed E-state index contributed by atoms with van der Waals surface area (Å²) in [4.78, 5) is 39.9. The van der Waals surface area contributed by atoms with Gasteiger partial charge in [0.2, 0.25) is 0 Å². The van der Waals surface area contributed by atoms with Crippen molar-refractivity contribution in [2.45, 2.75) is 6.18 Å². The van der Waals surface area contributed by atoms with Crippen LogP contribution >= 0.6 is 27.5 Å². The summed E-state index contributed by atoms with van der Waals surface area (Å²) in [5.41, 5.74) is 20.7. The van der Waals surface area contributed by atoms with E-state index in [0.717, 1.165) is 283 Å². The van der Waals surface area contributed by atoms with Crippen LogP contribution in [0.5, 0.6) is 0 Å². The molecule has 5 aliphatic heterocycles. The van der Waals surface area contributed by atoms with E-state index in [-0.39, 0.29) is 0 Å². The van der Waals surface area contributed by atoms with Crippen molar-refractivity contribution < 1.29 is 13.2 Å². The number of pyridine rings is 4. The molecule has 0 amide bonds. The van der Waals surface area contributed by atoms with Crippen molar-refractivity contribution in [2.75, 3.05) is 155 Å². The van der Waals surface area contributed by atoms with Crippen LogP contribution in [0.1, 0.15) is 11.1 Å². The molecule has 32 heteroatoms. The number of aromatic nitrogens is 16. The van der Waals surface area contributed by atoms with Gasteiger partial charge in [-0.05, 0) is 131 Å². The van der Waals surface area contributed by atoms with Crippen LogP contribution in [0.25, 0.3) is 117 Å². The number of terminal acetylenes is 1. The fourth-order valence-corrected chi connectivity index (χ4v) is 16.0. The van der Waals surface area contributed by atoms with Gasteiger partial charge in [-0.15, -0.1) is 6.42 Å². The normalized spacial score (nSPS) is 14.7. The van der Waals surface area contributed by atoms with E-state index < -0.39 is 11.7 Å². The number of piperazine rings is 5. The van der Waals surface area contributed by atoms with Gasteiger partial charge < -0.3 is 51.1 Å². The fraction of sp³-hybridized carbons (Fsp3) is 0.226. The smallest absolute Gasteiger partial charge is 0.352 e. The monoisotopic (exact) mass is 1760 g/mol. The zero-order valence-electron chi connectivity index (χ0n) is 68.2. The van der Waals surface area contributed by atoms with Gasteiger partial charge in [0.1, 0.15) is 6.33 Å². The van der Waals surface area contributed by atoms with Gasteiger partial charge in [0.15, 0.2) is 34.8 Å². The van der Waals surface area contributed by atoms with Gasteiger partial charge in [0.05, 0.1) is 74.1 Å². The number of anilines is 5. The lowest BCUT2D eigenvalue weighted by atomic mass is 10.00. The molecule has 15 heterocycles. The minimum absolute atomic E-state index is 0.635. The van der Waals surface area contributed by atoms with E-state index in [4.69, 9.17) is 24.6 Å². The predicted octanol–water partition coefficient (Wildman–Crippen LogP) is 15.1. The van der Waals surface area contributed by atoms with Gasteiger partial charge in [0.25, 0.3) is 0 Å². The molecule has 27 nitrogen and oxygen atoms in total. The maximum Gasteiger partial charge on any atom is 0.416 e. The topological polar surface area (TPSA) is 301 Å². The average molecular weight is 1760 g/mol. The van der Waals surface area contributed by atoms with Crippen molar-refractivity contribution in [3.05, 3.63) is 270 Å². The van der Waals surface area contributed by atoms with Gasteiger partial charge in [-0.1, -0.05) is 106 Å². The van der Waals surface area contributed by atoms with Crippen LogP contribution in [0.15, 0.2) is 242 Å². The van der Waals surface area contributed by atoms with Crippen molar-refractivity contribution >= 4 is 62.3 Å². The average Bonchev–Trinajstić information content (AvgIpc) is 1.87. The summed E-state index contributed by atoms with van der Waals surface area (Å²) in [6.45, 7) is 25.7. The standard InChI is InChI=1S/C20H19N5.C19H18F3N5.C19H18N6.C18H18BrN5.C17H17ClN6/c1-2-15-3-5-17(6-4-15)19-18(16-7-9-21-10-8-16)20(24-23-19)25-13-11-22-12-14-25;20-19(21,22)15-3-1-14(2-4-15)17-16(13-5-7-23-8-6-13)18(26-25-17)27-11-9-24-10-12-27;1-20-16-4-2-15(3-5-16)18-17(14-6-8-21-9-7-14)19(24-23-18)25-12-10-22-11-13-25;19-15-3-1-14(2-4-15)17-16(13-5-7-20-8-6-13)18(23-22-17)24-11-9-21-10-12-24;18-13-3-1-12(2-4-13)16-15(14-5-6-20-11-21-14)17(23-22-16)24-9-7-19-8-10-24/h1,3-10,22H,11-14H2,(H,23,24);1-8,24H,9-12H2,(H,25,26);2-9,22H,10-13H2,(H,23,24);1-8,21H,9-12H2,(H,22,23);1-6,11,19H,7-10H2,(H,22,23). The molecular weight excluding hydrogens is 1670 g/mol. The van der Waals surface area contributed by atoms with Crippen molar-refractivity contribution in [1.82, 2.24) is 107 Å².